The van der Waals surface area contributed by atoms with Crippen LogP contribution < -0.4 is 0 Å². The zero-order valence-corrected chi connectivity index (χ0v) is 13.1. The summed E-state index contributed by atoms with van der Waals surface area (Å²) in [5.74, 6) is -14.9. The maximum Gasteiger partial charge on any atom is 0.460 e. The van der Waals surface area contributed by atoms with Gasteiger partial charge in [0.1, 0.15) is 5.60 Å². The van der Waals surface area contributed by atoms with Crippen LogP contribution in [0.3, 0.4) is 0 Å². The van der Waals surface area contributed by atoms with E-state index in [-0.39, 0.29) is 30.6 Å². The van der Waals surface area contributed by atoms with Crippen LogP contribution in [0.4, 0.5) is 30.7 Å². The van der Waals surface area contributed by atoms with Crippen molar-refractivity contribution in [2.75, 3.05) is 0 Å². The Morgan fingerprint density at radius 1 is 0.960 bits per heavy atom. The Balaban J connectivity index is 1.88. The first-order valence-electron chi connectivity index (χ1n) is 8.02. The van der Waals surface area contributed by atoms with Crippen LogP contribution in [0.2, 0.25) is 0 Å². The van der Waals surface area contributed by atoms with Crippen molar-refractivity contribution in [3.8, 4) is 0 Å². The number of carbonyl (C=O) groups excluding carboxylic acids is 1. The van der Waals surface area contributed by atoms with Gasteiger partial charge in [0.25, 0.3) is 0 Å². The van der Waals surface area contributed by atoms with Crippen molar-refractivity contribution < 1.29 is 40.3 Å². The van der Waals surface area contributed by atoms with Gasteiger partial charge in [0, 0.05) is 0 Å². The molecule has 4 fully saturated rings. The summed E-state index contributed by atoms with van der Waals surface area (Å²) in [7, 11) is 0. The van der Waals surface area contributed by atoms with Gasteiger partial charge < -0.3 is 4.74 Å². The van der Waals surface area contributed by atoms with Crippen LogP contribution in [0.1, 0.15) is 38.5 Å². The quantitative estimate of drug-likeness (QED) is 0.400. The molecule has 0 aromatic heterocycles. The minimum Gasteiger partial charge on any atom is -0.450 e. The Labute approximate surface area is 139 Å². The van der Waals surface area contributed by atoms with Crippen molar-refractivity contribution in [2.45, 2.75) is 62.1 Å². The molecule has 0 heterocycles. The van der Waals surface area contributed by atoms with Gasteiger partial charge in [0.15, 0.2) is 0 Å². The normalized spacial score (nSPS) is 35.6. The van der Waals surface area contributed by atoms with E-state index in [1.54, 1.807) is 0 Å². The lowest BCUT2D eigenvalue weighted by atomic mass is 9.66. The first-order chi connectivity index (χ1) is 11.3. The molecule has 4 aliphatic carbocycles. The van der Waals surface area contributed by atoms with Gasteiger partial charge in [-0.1, -0.05) is 6.58 Å². The number of rotatable bonds is 3. The molecule has 142 valence electrons. The molecule has 0 aromatic rings. The second-order valence-corrected chi connectivity index (χ2v) is 7.55. The molecule has 0 amide bonds. The van der Waals surface area contributed by atoms with Crippen molar-refractivity contribution >= 4 is 5.97 Å². The van der Waals surface area contributed by atoms with E-state index >= 15 is 0 Å². The summed E-state index contributed by atoms with van der Waals surface area (Å²) in [6, 6.07) is 0. The minimum atomic E-state index is -6.57. The van der Waals surface area contributed by atoms with Gasteiger partial charge in [-0.25, -0.2) is 4.79 Å². The van der Waals surface area contributed by atoms with Gasteiger partial charge in [0.2, 0.25) is 0 Å². The van der Waals surface area contributed by atoms with Crippen molar-refractivity contribution in [2.24, 2.45) is 17.8 Å². The molecule has 25 heavy (non-hydrogen) atoms. The zero-order valence-electron chi connectivity index (χ0n) is 13.1. The Bertz CT molecular complexity index is 582. The monoisotopic (exact) mass is 374 g/mol. The summed E-state index contributed by atoms with van der Waals surface area (Å²) < 4.78 is 95.0. The van der Waals surface area contributed by atoms with Crippen molar-refractivity contribution in [3.05, 3.63) is 12.2 Å². The molecule has 0 aliphatic heterocycles. The third-order valence-electron chi connectivity index (χ3n) is 5.71. The zero-order chi connectivity index (χ0) is 18.8. The maximum absolute atomic E-state index is 13.6. The molecule has 0 aromatic carbocycles. The van der Waals surface area contributed by atoms with Crippen LogP contribution in [-0.4, -0.2) is 29.6 Å². The lowest BCUT2D eigenvalue weighted by Crippen LogP contribution is -2.58. The summed E-state index contributed by atoms with van der Waals surface area (Å²) in [6.45, 7) is 3.76. The van der Waals surface area contributed by atoms with E-state index in [0.29, 0.717) is 12.0 Å². The van der Waals surface area contributed by atoms with Gasteiger partial charge in [-0.05, 0) is 61.9 Å². The Morgan fingerprint density at radius 2 is 1.44 bits per heavy atom. The van der Waals surface area contributed by atoms with Crippen LogP contribution in [0.5, 0.6) is 0 Å². The van der Waals surface area contributed by atoms with Crippen LogP contribution in [0, 0.1) is 17.8 Å². The summed E-state index contributed by atoms with van der Waals surface area (Å²) in [5, 5.41) is 0. The molecule has 0 saturated heterocycles. The number of hydrogen-bond donors (Lipinski definition) is 0. The SMILES string of the molecule is C=C1CC2CC3CC(C2)CC1(OC(=O)C(F)(F)C(F)(F)C(F)(F)F)C3. The van der Waals surface area contributed by atoms with Crippen LogP contribution in [0.25, 0.3) is 0 Å². The largest absolute Gasteiger partial charge is 0.460 e. The molecule has 9 heteroatoms. The van der Waals surface area contributed by atoms with E-state index in [2.05, 4.69) is 6.58 Å². The molecule has 2 unspecified atom stereocenters. The Morgan fingerprint density at radius 3 is 1.92 bits per heavy atom. The van der Waals surface area contributed by atoms with E-state index in [1.807, 2.05) is 0 Å². The fraction of sp³-hybridized carbons (Fsp3) is 0.812. The smallest absolute Gasteiger partial charge is 0.450 e. The highest BCUT2D eigenvalue weighted by Crippen LogP contribution is 2.57. The van der Waals surface area contributed by atoms with Gasteiger partial charge in [0.05, 0.1) is 0 Å². The molecule has 2 atom stereocenters. The van der Waals surface area contributed by atoms with E-state index < -0.39 is 29.6 Å². The van der Waals surface area contributed by atoms with Crippen LogP contribution in [-0.2, 0) is 9.53 Å². The number of hydrogen-bond acceptors (Lipinski definition) is 2. The number of halogens is 7. The molecule has 4 saturated carbocycles. The van der Waals surface area contributed by atoms with Gasteiger partial charge >= 0.3 is 24.0 Å². The minimum absolute atomic E-state index is 0.0706. The summed E-state index contributed by atoms with van der Waals surface area (Å²) >= 11 is 0. The number of fused-ring (bicyclic) bond motifs is 1. The standard InChI is InChI=1S/C16H17F7O2/c1-8-2-9-3-10-5-11(4-9)7-13(8,6-10)25-12(24)14(17,18)15(19,20)16(21,22)23/h9-11H,1-7H2. The molecular formula is C16H17F7O2. The second kappa shape index (κ2) is 5.36. The maximum atomic E-state index is 13.6. The fourth-order valence-corrected chi connectivity index (χ4v) is 4.75. The van der Waals surface area contributed by atoms with E-state index in [0.717, 1.165) is 19.3 Å². The lowest BCUT2D eigenvalue weighted by molar-refractivity contribution is -0.350. The van der Waals surface area contributed by atoms with E-state index in [9.17, 15) is 35.5 Å². The number of ether oxygens (including phenoxy) is 1. The van der Waals surface area contributed by atoms with Gasteiger partial charge in [-0.15, -0.1) is 0 Å². The lowest BCUT2D eigenvalue weighted by Gasteiger charge is -2.45. The molecule has 4 bridgehead atoms. The molecular weight excluding hydrogens is 357 g/mol. The molecule has 4 rings (SSSR count). The van der Waals surface area contributed by atoms with Gasteiger partial charge in [-0.2, -0.15) is 30.7 Å². The predicted octanol–water partition coefficient (Wildman–Crippen LogP) is 4.89. The first kappa shape index (κ1) is 18.5. The highest BCUT2D eigenvalue weighted by Gasteiger charge is 2.77. The number of carbonyl (C=O) groups is 1. The van der Waals surface area contributed by atoms with E-state index in [1.165, 1.54) is 0 Å². The first-order valence-corrected chi connectivity index (χ1v) is 8.02. The Hall–Kier alpha value is -1.28. The Kier molecular flexibility index (Phi) is 3.97. The third kappa shape index (κ3) is 2.73. The number of esters is 1. The predicted molar refractivity (Wildman–Crippen MR) is 72.1 cm³/mol. The average Bonchev–Trinajstić information content (AvgIpc) is 2.58. The van der Waals surface area contributed by atoms with Crippen LogP contribution in [0.15, 0.2) is 12.2 Å². The molecule has 0 N–H and O–H groups in total. The summed E-state index contributed by atoms with van der Waals surface area (Å²) in [5.41, 5.74) is -1.23. The van der Waals surface area contributed by atoms with Gasteiger partial charge in [-0.3, -0.25) is 0 Å². The molecule has 0 spiro atoms. The molecule has 2 nitrogen and oxygen atoms in total. The summed E-state index contributed by atoms with van der Waals surface area (Å²) in [4.78, 5) is 11.7. The number of alkyl halides is 7. The molecule has 4 aliphatic rings. The van der Waals surface area contributed by atoms with E-state index in [4.69, 9.17) is 4.74 Å². The third-order valence-corrected chi connectivity index (χ3v) is 5.71. The summed E-state index contributed by atoms with van der Waals surface area (Å²) in [6.07, 6.45) is -3.45. The fourth-order valence-electron chi connectivity index (χ4n) is 4.75. The van der Waals surface area contributed by atoms with Crippen LogP contribution >= 0.6 is 0 Å². The molecule has 0 radical (unpaired) electrons. The topological polar surface area (TPSA) is 26.3 Å². The van der Waals surface area contributed by atoms with Crippen molar-refractivity contribution in [3.63, 3.8) is 0 Å². The van der Waals surface area contributed by atoms with Crippen molar-refractivity contribution in [1.29, 1.82) is 0 Å². The second-order valence-electron chi connectivity index (χ2n) is 7.55. The van der Waals surface area contributed by atoms with Crippen molar-refractivity contribution in [1.82, 2.24) is 0 Å². The highest BCUT2D eigenvalue weighted by molar-refractivity contribution is 5.80. The highest BCUT2D eigenvalue weighted by atomic mass is 19.4. The average molecular weight is 374 g/mol.